The standard InChI is InChI=1S/C23H31N7O5/c1-3-26-22(34)18-16(31)17(32)23(35-18)30-11-27-15-19(24)28-14(29-20(15)30)6-4-5-12-7-9-13(10-8-12)21(33)25-2/h11-13,16-18,23,31-32H,3,5,7-10H2,1-2H3,(H,25,33)(H,26,34)(H2,24,28,29)/t12?,13?,16?,17-,18-,23+/m0/s1. The van der Waals surface area contributed by atoms with E-state index in [0.29, 0.717) is 24.4 Å². The molecule has 4 atom stereocenters. The zero-order valence-electron chi connectivity index (χ0n) is 19.8. The van der Waals surface area contributed by atoms with E-state index >= 15 is 0 Å². The molecule has 1 unspecified atom stereocenters. The second kappa shape index (κ2) is 10.6. The Hall–Kier alpha value is -3.27. The van der Waals surface area contributed by atoms with Crippen molar-refractivity contribution in [2.75, 3.05) is 19.3 Å². The van der Waals surface area contributed by atoms with Crippen LogP contribution in [0.15, 0.2) is 6.33 Å². The van der Waals surface area contributed by atoms with E-state index in [9.17, 15) is 19.8 Å². The number of aliphatic hydroxyl groups excluding tert-OH is 2. The number of hydrogen-bond acceptors (Lipinski definition) is 9. The molecule has 1 saturated carbocycles. The summed E-state index contributed by atoms with van der Waals surface area (Å²) >= 11 is 0. The number of aliphatic hydroxyl groups is 2. The Kier molecular flexibility index (Phi) is 7.49. The molecule has 12 heteroatoms. The third-order valence-electron chi connectivity index (χ3n) is 6.63. The number of aromatic nitrogens is 4. The molecular weight excluding hydrogens is 454 g/mol. The topological polar surface area (TPSA) is 178 Å². The summed E-state index contributed by atoms with van der Waals surface area (Å²) < 4.78 is 7.09. The molecular formula is C23H31N7O5. The Balaban J connectivity index is 1.49. The predicted molar refractivity (Wildman–Crippen MR) is 125 cm³/mol. The van der Waals surface area contributed by atoms with Crippen LogP contribution < -0.4 is 16.4 Å². The lowest BCUT2D eigenvalue weighted by molar-refractivity contribution is -0.137. The third kappa shape index (κ3) is 5.07. The van der Waals surface area contributed by atoms with E-state index < -0.39 is 30.4 Å². The van der Waals surface area contributed by atoms with Crippen molar-refractivity contribution in [3.63, 3.8) is 0 Å². The Bertz CT molecular complexity index is 1150. The van der Waals surface area contributed by atoms with Gasteiger partial charge in [-0.1, -0.05) is 5.92 Å². The fourth-order valence-corrected chi connectivity index (χ4v) is 4.67. The number of carbonyl (C=O) groups is 2. The number of imidazole rings is 1. The molecule has 1 saturated heterocycles. The van der Waals surface area contributed by atoms with E-state index in [-0.39, 0.29) is 29.1 Å². The van der Waals surface area contributed by atoms with Crippen LogP contribution >= 0.6 is 0 Å². The first-order chi connectivity index (χ1) is 16.8. The van der Waals surface area contributed by atoms with E-state index in [0.717, 1.165) is 25.7 Å². The molecule has 6 N–H and O–H groups in total. The summed E-state index contributed by atoms with van der Waals surface area (Å²) in [6, 6.07) is 0. The Morgan fingerprint density at radius 3 is 2.63 bits per heavy atom. The van der Waals surface area contributed by atoms with Crippen molar-refractivity contribution >= 4 is 28.8 Å². The highest BCUT2D eigenvalue weighted by molar-refractivity contribution is 5.83. The van der Waals surface area contributed by atoms with Gasteiger partial charge in [-0.2, -0.15) is 0 Å². The lowest BCUT2D eigenvalue weighted by Gasteiger charge is -2.26. The number of anilines is 1. The molecule has 2 aliphatic rings. The molecule has 2 aromatic rings. The van der Waals surface area contributed by atoms with E-state index in [1.54, 1.807) is 14.0 Å². The van der Waals surface area contributed by atoms with Crippen LogP contribution in [0.3, 0.4) is 0 Å². The van der Waals surface area contributed by atoms with Crippen LogP contribution in [0.4, 0.5) is 5.82 Å². The molecule has 4 rings (SSSR count). The fraction of sp³-hybridized carbons (Fsp3) is 0.609. The summed E-state index contributed by atoms with van der Waals surface area (Å²) in [5.74, 6) is 6.46. The molecule has 0 spiro atoms. The van der Waals surface area contributed by atoms with Gasteiger partial charge in [-0.25, -0.2) is 15.0 Å². The van der Waals surface area contributed by atoms with Gasteiger partial charge in [0.05, 0.1) is 6.33 Å². The zero-order chi connectivity index (χ0) is 25.1. The lowest BCUT2D eigenvalue weighted by atomic mass is 9.80. The molecule has 2 amide bonds. The minimum atomic E-state index is -1.42. The van der Waals surface area contributed by atoms with Gasteiger partial charge < -0.3 is 31.3 Å². The summed E-state index contributed by atoms with van der Waals surface area (Å²) in [5.41, 5.74) is 6.65. The number of nitrogens with one attached hydrogen (secondary N) is 2. The first kappa shape index (κ1) is 24.8. The summed E-state index contributed by atoms with van der Waals surface area (Å²) in [6.07, 6.45) is 0.501. The number of nitrogen functional groups attached to an aromatic ring is 1. The van der Waals surface area contributed by atoms with Crippen molar-refractivity contribution in [2.45, 2.75) is 63.6 Å². The Morgan fingerprint density at radius 1 is 1.20 bits per heavy atom. The maximum absolute atomic E-state index is 12.2. The number of amides is 2. The summed E-state index contributed by atoms with van der Waals surface area (Å²) in [5, 5.41) is 26.2. The minimum absolute atomic E-state index is 0.0781. The van der Waals surface area contributed by atoms with Crippen molar-refractivity contribution in [2.24, 2.45) is 11.8 Å². The van der Waals surface area contributed by atoms with Gasteiger partial charge in [-0.05, 0) is 44.4 Å². The molecule has 0 radical (unpaired) electrons. The predicted octanol–water partition coefficient (Wildman–Crippen LogP) is -0.542. The largest absolute Gasteiger partial charge is 0.387 e. The molecule has 188 valence electrons. The summed E-state index contributed by atoms with van der Waals surface area (Å²) in [4.78, 5) is 36.9. The molecule has 12 nitrogen and oxygen atoms in total. The average Bonchev–Trinajstić information content (AvgIpc) is 3.40. The van der Waals surface area contributed by atoms with Crippen LogP contribution in [0.1, 0.15) is 51.1 Å². The highest BCUT2D eigenvalue weighted by Gasteiger charge is 2.47. The fourth-order valence-electron chi connectivity index (χ4n) is 4.67. The van der Waals surface area contributed by atoms with Gasteiger partial charge in [0.1, 0.15) is 17.7 Å². The van der Waals surface area contributed by atoms with Gasteiger partial charge in [0, 0.05) is 25.9 Å². The number of likely N-dealkylation sites (N-methyl/N-ethyl adjacent to an activating group) is 1. The first-order valence-corrected chi connectivity index (χ1v) is 11.8. The second-order valence-corrected chi connectivity index (χ2v) is 8.92. The van der Waals surface area contributed by atoms with Crippen LogP contribution in [0.2, 0.25) is 0 Å². The maximum Gasteiger partial charge on any atom is 0.252 e. The Labute approximate surface area is 202 Å². The van der Waals surface area contributed by atoms with E-state index in [1.165, 1.54) is 10.9 Å². The second-order valence-electron chi connectivity index (χ2n) is 8.92. The molecule has 0 aromatic carbocycles. The number of nitrogens with two attached hydrogens (primary N) is 1. The highest BCUT2D eigenvalue weighted by atomic mass is 16.6. The van der Waals surface area contributed by atoms with Crippen LogP contribution in [-0.4, -0.2) is 73.5 Å². The number of ether oxygens (including phenoxy) is 1. The van der Waals surface area contributed by atoms with E-state index in [1.807, 2.05) is 0 Å². The van der Waals surface area contributed by atoms with Gasteiger partial charge >= 0.3 is 0 Å². The van der Waals surface area contributed by atoms with Crippen LogP contribution in [0.25, 0.3) is 11.2 Å². The van der Waals surface area contributed by atoms with Crippen LogP contribution in [0.5, 0.6) is 0 Å². The number of carbonyl (C=O) groups excluding carboxylic acids is 2. The molecule has 3 heterocycles. The Morgan fingerprint density at radius 2 is 1.94 bits per heavy atom. The molecule has 35 heavy (non-hydrogen) atoms. The normalized spacial score (nSPS) is 28.3. The van der Waals surface area contributed by atoms with Gasteiger partial charge in [-0.3, -0.25) is 14.2 Å². The molecule has 1 aliphatic heterocycles. The number of fused-ring (bicyclic) bond motifs is 1. The van der Waals surface area contributed by atoms with Crippen LogP contribution in [-0.2, 0) is 14.3 Å². The SMILES string of the molecule is CCNC(=O)[C@H]1O[C@@H](n2cnc3c(N)nc(C#CCC4CCC(C(=O)NC)CC4)nc32)[C@@H](O)C1O. The maximum atomic E-state index is 12.2. The average molecular weight is 486 g/mol. The van der Waals surface area contributed by atoms with E-state index in [2.05, 4.69) is 37.4 Å². The quantitative estimate of drug-likeness (QED) is 0.348. The zero-order valence-corrected chi connectivity index (χ0v) is 19.8. The summed E-state index contributed by atoms with van der Waals surface area (Å²) in [7, 11) is 1.66. The van der Waals surface area contributed by atoms with Gasteiger partial charge in [0.25, 0.3) is 5.91 Å². The monoisotopic (exact) mass is 485 g/mol. The van der Waals surface area contributed by atoms with Crippen LogP contribution in [0, 0.1) is 23.7 Å². The van der Waals surface area contributed by atoms with Crippen molar-refractivity contribution in [1.29, 1.82) is 0 Å². The van der Waals surface area contributed by atoms with Gasteiger partial charge in [-0.15, -0.1) is 0 Å². The lowest BCUT2D eigenvalue weighted by Crippen LogP contribution is -2.42. The molecule has 2 fully saturated rings. The minimum Gasteiger partial charge on any atom is -0.387 e. The number of rotatable bonds is 5. The molecule has 0 bridgehead atoms. The smallest absolute Gasteiger partial charge is 0.252 e. The molecule has 1 aliphatic carbocycles. The molecule has 2 aromatic heterocycles. The number of nitrogens with zero attached hydrogens (tertiary/aromatic N) is 4. The number of hydrogen-bond donors (Lipinski definition) is 5. The van der Waals surface area contributed by atoms with Gasteiger partial charge in [0.2, 0.25) is 11.7 Å². The first-order valence-electron chi connectivity index (χ1n) is 11.8. The van der Waals surface area contributed by atoms with E-state index in [4.69, 9.17) is 10.5 Å². The van der Waals surface area contributed by atoms with Gasteiger partial charge in [0.15, 0.2) is 23.8 Å². The highest BCUT2D eigenvalue weighted by Crippen LogP contribution is 2.33. The van der Waals surface area contributed by atoms with Crippen molar-refractivity contribution in [3.05, 3.63) is 12.2 Å². The summed E-state index contributed by atoms with van der Waals surface area (Å²) in [6.45, 7) is 2.11. The van der Waals surface area contributed by atoms with Crippen molar-refractivity contribution in [1.82, 2.24) is 30.2 Å². The third-order valence-corrected chi connectivity index (χ3v) is 6.63. The van der Waals surface area contributed by atoms with Crippen molar-refractivity contribution in [3.8, 4) is 11.8 Å². The van der Waals surface area contributed by atoms with Crippen molar-refractivity contribution < 1.29 is 24.5 Å².